The molecule has 5 heteroatoms. The summed E-state index contributed by atoms with van der Waals surface area (Å²) in [4.78, 5) is 0. The van der Waals surface area contributed by atoms with Crippen LogP contribution in [0, 0.1) is 0 Å². The predicted octanol–water partition coefficient (Wildman–Crippen LogP) is 3.90. The minimum Gasteiger partial charge on any atom is -0.380 e. The van der Waals surface area contributed by atoms with Gasteiger partial charge in [0.15, 0.2) is 0 Å². The molecule has 0 fully saturated rings. The number of hydrogen-bond donors (Lipinski definition) is 1. The summed E-state index contributed by atoms with van der Waals surface area (Å²) in [5, 5.41) is 8.97. The van der Waals surface area contributed by atoms with Gasteiger partial charge >= 0.3 is 0 Å². The number of rotatable bonds is 4. The molecule has 18 heavy (non-hydrogen) atoms. The van der Waals surface area contributed by atoms with Crippen molar-refractivity contribution in [1.29, 1.82) is 0 Å². The van der Waals surface area contributed by atoms with E-state index in [4.69, 9.17) is 23.2 Å². The van der Waals surface area contributed by atoms with Crippen molar-refractivity contribution in [2.75, 3.05) is 5.32 Å². The first-order valence-electron chi connectivity index (χ1n) is 5.80. The Hall–Kier alpha value is -1.19. The van der Waals surface area contributed by atoms with Crippen LogP contribution in [0.1, 0.15) is 18.2 Å². The van der Waals surface area contributed by atoms with Crippen LogP contribution in [0.5, 0.6) is 0 Å². The van der Waals surface area contributed by atoms with Gasteiger partial charge in [0.05, 0.1) is 16.4 Å². The van der Waals surface area contributed by atoms with Gasteiger partial charge < -0.3 is 5.32 Å². The second-order valence-electron chi connectivity index (χ2n) is 4.11. The van der Waals surface area contributed by atoms with Gasteiger partial charge in [-0.3, -0.25) is 4.68 Å². The molecule has 0 saturated carbocycles. The lowest BCUT2D eigenvalue weighted by Gasteiger charge is -2.08. The molecule has 0 saturated heterocycles. The molecule has 3 nitrogen and oxygen atoms in total. The summed E-state index contributed by atoms with van der Waals surface area (Å²) in [5.41, 5.74) is 3.17. The molecule has 1 heterocycles. The maximum absolute atomic E-state index is 6.11. The normalized spacial score (nSPS) is 10.7. The zero-order valence-electron chi connectivity index (χ0n) is 10.4. The molecule has 2 rings (SSSR count). The van der Waals surface area contributed by atoms with E-state index in [1.165, 1.54) is 5.56 Å². The summed E-state index contributed by atoms with van der Waals surface area (Å²) in [6.07, 6.45) is 2.95. The van der Waals surface area contributed by atoms with Gasteiger partial charge in [0, 0.05) is 30.4 Å². The highest BCUT2D eigenvalue weighted by Crippen LogP contribution is 2.26. The Morgan fingerprint density at radius 2 is 2.11 bits per heavy atom. The lowest BCUT2D eigenvalue weighted by molar-refractivity contribution is 0.746. The number of aryl methyl sites for hydroxylation is 2. The Balaban J connectivity index is 2.11. The van der Waals surface area contributed by atoms with E-state index >= 15 is 0 Å². The van der Waals surface area contributed by atoms with Crippen LogP contribution in [-0.4, -0.2) is 9.78 Å². The zero-order valence-corrected chi connectivity index (χ0v) is 11.9. The highest BCUT2D eigenvalue weighted by molar-refractivity contribution is 6.36. The van der Waals surface area contributed by atoms with Crippen LogP contribution in [0.15, 0.2) is 24.4 Å². The summed E-state index contributed by atoms with van der Waals surface area (Å²) >= 11 is 12.0. The van der Waals surface area contributed by atoms with Crippen molar-refractivity contribution in [3.8, 4) is 0 Å². The topological polar surface area (TPSA) is 29.9 Å². The molecule has 0 unspecified atom stereocenters. The average molecular weight is 284 g/mol. The van der Waals surface area contributed by atoms with E-state index in [-0.39, 0.29) is 0 Å². The van der Waals surface area contributed by atoms with Crippen LogP contribution in [0.2, 0.25) is 10.0 Å². The summed E-state index contributed by atoms with van der Waals surface area (Å²) in [6.45, 7) is 2.81. The van der Waals surface area contributed by atoms with Gasteiger partial charge in [0.25, 0.3) is 0 Å². The van der Waals surface area contributed by atoms with Crippen molar-refractivity contribution in [2.24, 2.45) is 7.05 Å². The minimum absolute atomic E-state index is 0.629. The summed E-state index contributed by atoms with van der Waals surface area (Å²) in [6, 6.07) is 5.43. The van der Waals surface area contributed by atoms with E-state index in [9.17, 15) is 0 Å². The van der Waals surface area contributed by atoms with Gasteiger partial charge in [0.2, 0.25) is 0 Å². The molecule has 0 aliphatic carbocycles. The lowest BCUT2D eigenvalue weighted by Crippen LogP contribution is -2.01. The molecule has 0 aliphatic rings. The van der Waals surface area contributed by atoms with Gasteiger partial charge in [0.1, 0.15) is 0 Å². The van der Waals surface area contributed by atoms with Gasteiger partial charge in [-0.1, -0.05) is 30.1 Å². The molecule has 1 aromatic heterocycles. The maximum atomic E-state index is 6.11. The zero-order chi connectivity index (χ0) is 13.1. The van der Waals surface area contributed by atoms with Crippen LogP contribution in [-0.2, 0) is 20.0 Å². The molecule has 0 atom stereocenters. The predicted molar refractivity (Wildman–Crippen MR) is 76.4 cm³/mol. The molecule has 0 spiro atoms. The molecule has 0 radical (unpaired) electrons. The van der Waals surface area contributed by atoms with E-state index in [1.54, 1.807) is 6.07 Å². The van der Waals surface area contributed by atoms with Crippen molar-refractivity contribution >= 4 is 28.9 Å². The molecule has 1 N–H and O–H groups in total. The van der Waals surface area contributed by atoms with Crippen LogP contribution >= 0.6 is 23.2 Å². The fourth-order valence-corrected chi connectivity index (χ4v) is 2.33. The van der Waals surface area contributed by atoms with Gasteiger partial charge in [-0.15, -0.1) is 0 Å². The summed E-state index contributed by atoms with van der Waals surface area (Å²) < 4.78 is 1.83. The second kappa shape index (κ2) is 5.63. The number of anilines is 1. The molecule has 0 bridgehead atoms. The third-order valence-corrected chi connectivity index (χ3v) is 3.27. The molecule has 0 amide bonds. The van der Waals surface area contributed by atoms with Crippen molar-refractivity contribution in [1.82, 2.24) is 9.78 Å². The van der Waals surface area contributed by atoms with E-state index in [0.29, 0.717) is 16.6 Å². The van der Waals surface area contributed by atoms with E-state index in [2.05, 4.69) is 17.3 Å². The highest BCUT2D eigenvalue weighted by atomic mass is 35.5. The van der Waals surface area contributed by atoms with Crippen LogP contribution in [0.25, 0.3) is 0 Å². The van der Waals surface area contributed by atoms with Crippen molar-refractivity contribution < 1.29 is 0 Å². The second-order valence-corrected chi connectivity index (χ2v) is 4.95. The molecule has 96 valence electrons. The third-order valence-electron chi connectivity index (χ3n) is 2.73. The number of hydrogen-bond acceptors (Lipinski definition) is 2. The van der Waals surface area contributed by atoms with Gasteiger partial charge in [-0.05, 0) is 24.6 Å². The van der Waals surface area contributed by atoms with Gasteiger partial charge in [-0.2, -0.15) is 5.10 Å². The highest BCUT2D eigenvalue weighted by Gasteiger charge is 2.06. The number of nitrogens with one attached hydrogen (secondary N) is 1. The van der Waals surface area contributed by atoms with Crippen molar-refractivity contribution in [3.05, 3.63) is 45.7 Å². The Morgan fingerprint density at radius 3 is 2.78 bits per heavy atom. The Kier molecular flexibility index (Phi) is 4.15. The Morgan fingerprint density at radius 1 is 1.33 bits per heavy atom. The quantitative estimate of drug-likeness (QED) is 0.922. The van der Waals surface area contributed by atoms with Crippen LogP contribution in [0.3, 0.4) is 0 Å². The first kappa shape index (κ1) is 13.2. The molecule has 2 aromatic rings. The molecule has 0 aliphatic heterocycles. The minimum atomic E-state index is 0.629. The largest absolute Gasteiger partial charge is 0.380 e. The fourth-order valence-electron chi connectivity index (χ4n) is 1.85. The number of nitrogens with zero attached hydrogens (tertiary/aromatic N) is 2. The van der Waals surface area contributed by atoms with Crippen molar-refractivity contribution in [2.45, 2.75) is 19.9 Å². The SMILES string of the molecule is CCc1nn(C)cc1CNc1ccc(Cl)cc1Cl. The van der Waals surface area contributed by atoms with E-state index < -0.39 is 0 Å². The monoisotopic (exact) mass is 283 g/mol. The van der Waals surface area contributed by atoms with E-state index in [0.717, 1.165) is 17.8 Å². The molecule has 1 aromatic carbocycles. The maximum Gasteiger partial charge on any atom is 0.0671 e. The Labute approximate surface area is 117 Å². The fraction of sp³-hybridized carbons (Fsp3) is 0.308. The van der Waals surface area contributed by atoms with E-state index in [1.807, 2.05) is 30.1 Å². The number of benzene rings is 1. The first-order chi connectivity index (χ1) is 8.60. The first-order valence-corrected chi connectivity index (χ1v) is 6.56. The summed E-state index contributed by atoms with van der Waals surface area (Å²) in [5.74, 6) is 0. The standard InChI is InChI=1S/C13H15Cl2N3/c1-3-12-9(8-18(2)17-12)7-16-13-5-4-10(14)6-11(13)15/h4-6,8,16H,3,7H2,1-2H3. The Bertz CT molecular complexity index is 549. The average Bonchev–Trinajstić information content (AvgIpc) is 2.68. The number of halogens is 2. The van der Waals surface area contributed by atoms with Crippen LogP contribution in [0.4, 0.5) is 5.69 Å². The lowest BCUT2D eigenvalue weighted by atomic mass is 10.2. The number of aromatic nitrogens is 2. The molecular formula is C13H15Cl2N3. The van der Waals surface area contributed by atoms with Crippen molar-refractivity contribution in [3.63, 3.8) is 0 Å². The summed E-state index contributed by atoms with van der Waals surface area (Å²) in [7, 11) is 1.93. The third kappa shape index (κ3) is 2.98. The van der Waals surface area contributed by atoms with Gasteiger partial charge in [-0.25, -0.2) is 0 Å². The molecular weight excluding hydrogens is 269 g/mol. The van der Waals surface area contributed by atoms with Crippen LogP contribution < -0.4 is 5.32 Å². The smallest absolute Gasteiger partial charge is 0.0671 e.